The average molecular weight is 166 g/mol. The molecule has 0 radical (unpaired) electrons. The summed E-state index contributed by atoms with van der Waals surface area (Å²) in [7, 11) is 1.31. The third kappa shape index (κ3) is 630. The standard InChI is InChI=1S/C2H4O2.CH2O2.2CH2O/c1-4-2-3;2-1-3;2*1-2/h2H,1H3;1H,(H,2,3);2*1H2. The molecule has 66 valence electrons. The first-order valence-corrected chi connectivity index (χ1v) is 1.95. The molecule has 0 amide bonds. The quantitative estimate of drug-likeness (QED) is 0.508. The molecule has 0 aliphatic carbocycles. The largest absolute Gasteiger partial charge is 0.483 e. The lowest BCUT2D eigenvalue weighted by Gasteiger charge is -1.67. The minimum atomic E-state index is -0.250. The number of methoxy groups -OCH3 is 1. The summed E-state index contributed by atoms with van der Waals surface area (Å²) >= 11 is 0. The highest BCUT2D eigenvalue weighted by Gasteiger charge is 1.44. The van der Waals surface area contributed by atoms with Crippen molar-refractivity contribution in [2.45, 2.75) is 0 Å². The van der Waals surface area contributed by atoms with E-state index in [0.717, 1.165) is 0 Å². The summed E-state index contributed by atoms with van der Waals surface area (Å²) in [6.07, 6.45) is 0. The predicted molar refractivity (Wildman–Crippen MR) is 36.0 cm³/mol. The molecule has 0 aromatic heterocycles. The number of rotatable bonds is 1. The van der Waals surface area contributed by atoms with E-state index in [-0.39, 0.29) is 6.47 Å². The van der Waals surface area contributed by atoms with Gasteiger partial charge in [-0.3, -0.25) is 9.59 Å². The van der Waals surface area contributed by atoms with E-state index in [2.05, 4.69) is 4.74 Å². The van der Waals surface area contributed by atoms with Gasteiger partial charge < -0.3 is 19.4 Å². The van der Waals surface area contributed by atoms with Crippen molar-refractivity contribution in [1.29, 1.82) is 0 Å². The Hall–Kier alpha value is -1.72. The molecule has 6 nitrogen and oxygen atoms in total. The number of carbonyl (C=O) groups excluding carboxylic acids is 3. The molecule has 0 heterocycles. The maximum absolute atomic E-state index is 8.95. The third-order valence-electron chi connectivity index (χ3n) is 0.0962. The molecule has 0 saturated carbocycles. The Morgan fingerprint density at radius 3 is 1.27 bits per heavy atom. The molecule has 0 aromatic carbocycles. The van der Waals surface area contributed by atoms with Crippen LogP contribution >= 0.6 is 0 Å². The molecule has 0 spiro atoms. The Balaban J connectivity index is -0.0000000315. The van der Waals surface area contributed by atoms with Gasteiger partial charge in [0.2, 0.25) is 0 Å². The van der Waals surface area contributed by atoms with Crippen LogP contribution in [0.4, 0.5) is 0 Å². The number of carbonyl (C=O) groups is 4. The number of hydrogen-bond acceptors (Lipinski definition) is 5. The van der Waals surface area contributed by atoms with Crippen LogP contribution in [0.15, 0.2) is 0 Å². The predicted octanol–water partition coefficient (Wildman–Crippen LogP) is -0.880. The zero-order chi connectivity index (χ0) is 10.1. The fourth-order valence-electron chi connectivity index (χ4n) is 0. The minimum Gasteiger partial charge on any atom is -0.483 e. The second kappa shape index (κ2) is 268. The van der Waals surface area contributed by atoms with Crippen molar-refractivity contribution >= 4 is 26.5 Å². The van der Waals surface area contributed by atoms with E-state index < -0.39 is 0 Å². The van der Waals surface area contributed by atoms with Gasteiger partial charge in [-0.15, -0.1) is 0 Å². The molecule has 0 saturated heterocycles. The van der Waals surface area contributed by atoms with Gasteiger partial charge in [-0.05, 0) is 0 Å². The molecule has 0 bridgehead atoms. The second-order valence-corrected chi connectivity index (χ2v) is 0.437. The van der Waals surface area contributed by atoms with Crippen LogP contribution in [0.3, 0.4) is 0 Å². The highest BCUT2D eigenvalue weighted by molar-refractivity contribution is 5.36. The summed E-state index contributed by atoms with van der Waals surface area (Å²) in [6.45, 7) is 4.12. The van der Waals surface area contributed by atoms with E-state index in [4.69, 9.17) is 24.3 Å². The van der Waals surface area contributed by atoms with Crippen molar-refractivity contribution in [1.82, 2.24) is 0 Å². The molecular weight excluding hydrogens is 156 g/mol. The maximum Gasteiger partial charge on any atom is 0.292 e. The summed E-state index contributed by atoms with van der Waals surface area (Å²) in [5.74, 6) is 0. The fourth-order valence-corrected chi connectivity index (χ4v) is 0. The molecule has 0 fully saturated rings. The van der Waals surface area contributed by atoms with Crippen molar-refractivity contribution in [2.75, 3.05) is 7.11 Å². The Bertz CT molecular complexity index is 62.0. The van der Waals surface area contributed by atoms with E-state index >= 15 is 0 Å². The van der Waals surface area contributed by atoms with Crippen LogP contribution < -0.4 is 0 Å². The molecule has 6 heteroatoms. The lowest BCUT2D eigenvalue weighted by atomic mass is 11.5. The summed E-state index contributed by atoms with van der Waals surface area (Å²) in [6, 6.07) is 0. The number of ether oxygens (including phenoxy) is 1. The molecule has 0 unspecified atom stereocenters. The normalized spacial score (nSPS) is 3.73. The van der Waals surface area contributed by atoms with E-state index in [0.29, 0.717) is 6.47 Å². The van der Waals surface area contributed by atoms with E-state index in [1.807, 2.05) is 13.6 Å². The Kier molecular flexibility index (Phi) is 556. The van der Waals surface area contributed by atoms with Gasteiger partial charge in [-0.1, -0.05) is 0 Å². The first-order valence-electron chi connectivity index (χ1n) is 1.95. The second-order valence-electron chi connectivity index (χ2n) is 0.437. The summed E-state index contributed by atoms with van der Waals surface area (Å²) in [5, 5.41) is 6.89. The van der Waals surface area contributed by atoms with Crippen LogP contribution in [0.5, 0.6) is 0 Å². The summed E-state index contributed by atoms with van der Waals surface area (Å²) in [5.41, 5.74) is 0. The highest BCUT2D eigenvalue weighted by Crippen LogP contribution is 1.35. The van der Waals surface area contributed by atoms with Crippen LogP contribution in [0.1, 0.15) is 0 Å². The van der Waals surface area contributed by atoms with Crippen molar-refractivity contribution < 1.29 is 29.0 Å². The third-order valence-corrected chi connectivity index (χ3v) is 0.0962. The molecule has 0 rings (SSSR count). The van der Waals surface area contributed by atoms with Crippen molar-refractivity contribution in [3.63, 3.8) is 0 Å². The lowest BCUT2D eigenvalue weighted by molar-refractivity contribution is -0.126. The first-order chi connectivity index (χ1) is 5.33. The van der Waals surface area contributed by atoms with Gasteiger partial charge in [0.15, 0.2) is 0 Å². The van der Waals surface area contributed by atoms with Crippen LogP contribution in [0, 0.1) is 0 Å². The average Bonchev–Trinajstić information content (AvgIpc) is 2.12. The van der Waals surface area contributed by atoms with Gasteiger partial charge in [-0.25, -0.2) is 0 Å². The lowest BCUT2D eigenvalue weighted by Crippen LogP contribution is -1.68. The molecular formula is C5H10O6. The van der Waals surface area contributed by atoms with E-state index in [1.165, 1.54) is 7.11 Å². The van der Waals surface area contributed by atoms with E-state index in [9.17, 15) is 0 Å². The van der Waals surface area contributed by atoms with Gasteiger partial charge in [0.25, 0.3) is 12.9 Å². The number of hydrogen-bond donors (Lipinski definition) is 1. The van der Waals surface area contributed by atoms with Gasteiger partial charge in [0.1, 0.15) is 13.6 Å². The van der Waals surface area contributed by atoms with Gasteiger partial charge >= 0.3 is 0 Å². The van der Waals surface area contributed by atoms with Crippen LogP contribution in [-0.4, -0.2) is 38.7 Å². The topological polar surface area (TPSA) is 97.7 Å². The Morgan fingerprint density at radius 1 is 1.18 bits per heavy atom. The SMILES string of the molecule is C=O.C=O.COC=O.O=CO. The fraction of sp³-hybridized carbons (Fsp3) is 0.200. The molecule has 1 N–H and O–H groups in total. The van der Waals surface area contributed by atoms with Crippen molar-refractivity contribution in [2.24, 2.45) is 0 Å². The molecule has 11 heavy (non-hydrogen) atoms. The van der Waals surface area contributed by atoms with Gasteiger partial charge in [0, 0.05) is 0 Å². The zero-order valence-corrected chi connectivity index (χ0v) is 6.06. The molecule has 0 aliphatic heterocycles. The molecule has 0 aliphatic rings. The van der Waals surface area contributed by atoms with Crippen LogP contribution in [0.2, 0.25) is 0 Å². The highest BCUT2D eigenvalue weighted by atomic mass is 16.5. The Morgan fingerprint density at radius 2 is 1.27 bits per heavy atom. The van der Waals surface area contributed by atoms with Crippen molar-refractivity contribution in [3.8, 4) is 0 Å². The molecule has 0 atom stereocenters. The minimum absolute atomic E-state index is 0.250. The maximum atomic E-state index is 8.95. The Labute approximate surface area is 63.8 Å². The van der Waals surface area contributed by atoms with Gasteiger partial charge in [0.05, 0.1) is 7.11 Å². The summed E-state index contributed by atoms with van der Waals surface area (Å²) in [4.78, 5) is 33.3. The monoisotopic (exact) mass is 166 g/mol. The van der Waals surface area contributed by atoms with Crippen LogP contribution in [0.25, 0.3) is 0 Å². The van der Waals surface area contributed by atoms with E-state index in [1.54, 1.807) is 0 Å². The molecule has 0 aromatic rings. The van der Waals surface area contributed by atoms with Crippen LogP contribution in [-0.2, 0) is 23.9 Å². The summed E-state index contributed by atoms with van der Waals surface area (Å²) < 4.78 is 3.86. The number of carboxylic acid groups (broad SMARTS) is 1. The smallest absolute Gasteiger partial charge is 0.292 e. The first kappa shape index (κ1) is 22.8. The van der Waals surface area contributed by atoms with Crippen molar-refractivity contribution in [3.05, 3.63) is 0 Å². The zero-order valence-electron chi connectivity index (χ0n) is 6.06. The van der Waals surface area contributed by atoms with Gasteiger partial charge in [-0.2, -0.15) is 0 Å².